The van der Waals surface area contributed by atoms with E-state index in [1.54, 1.807) is 12.0 Å². The predicted octanol–water partition coefficient (Wildman–Crippen LogP) is 3.88. The number of nitrogens with zero attached hydrogens (tertiary/aromatic N) is 2. The zero-order valence-electron chi connectivity index (χ0n) is 14.2. The Morgan fingerprint density at radius 3 is 2.38 bits per heavy atom. The van der Waals surface area contributed by atoms with Crippen molar-refractivity contribution >= 4 is 11.6 Å². The summed E-state index contributed by atoms with van der Waals surface area (Å²) in [5.74, 6) is 0.838. The molecule has 0 spiro atoms. The van der Waals surface area contributed by atoms with E-state index >= 15 is 0 Å². The number of carbonyl (C=O) groups is 1. The van der Waals surface area contributed by atoms with E-state index in [9.17, 15) is 4.79 Å². The standard InChI is InChI=1S/C20H22N2O2/c1-16-4-9-18(10-5-16)22(15-3-14-21)20(23)13-8-17-6-11-19(24-2)12-7-17/h4-7,9-12H,3,8,13,15H2,1-2H3. The summed E-state index contributed by atoms with van der Waals surface area (Å²) in [5, 5.41) is 8.85. The van der Waals surface area contributed by atoms with Crippen molar-refractivity contribution in [3.05, 3.63) is 59.7 Å². The van der Waals surface area contributed by atoms with Crippen molar-refractivity contribution in [2.75, 3.05) is 18.6 Å². The van der Waals surface area contributed by atoms with Crippen molar-refractivity contribution in [3.8, 4) is 11.8 Å². The Labute approximate surface area is 143 Å². The molecule has 0 fully saturated rings. The van der Waals surface area contributed by atoms with Crippen molar-refractivity contribution in [1.29, 1.82) is 5.26 Å². The second-order valence-electron chi connectivity index (χ2n) is 5.64. The van der Waals surface area contributed by atoms with Gasteiger partial charge in [0.25, 0.3) is 0 Å². The molecule has 0 aromatic heterocycles. The first kappa shape index (κ1) is 17.6. The normalized spacial score (nSPS) is 10.0. The van der Waals surface area contributed by atoms with Crippen LogP contribution in [0.2, 0.25) is 0 Å². The number of nitriles is 1. The van der Waals surface area contributed by atoms with Gasteiger partial charge in [0.2, 0.25) is 5.91 Å². The second kappa shape index (κ2) is 8.73. The van der Waals surface area contributed by atoms with E-state index < -0.39 is 0 Å². The summed E-state index contributed by atoms with van der Waals surface area (Å²) in [6, 6.07) is 17.7. The van der Waals surface area contributed by atoms with Crippen LogP contribution < -0.4 is 9.64 Å². The third kappa shape index (κ3) is 4.85. The lowest BCUT2D eigenvalue weighted by molar-refractivity contribution is -0.118. The molecule has 24 heavy (non-hydrogen) atoms. The van der Waals surface area contributed by atoms with Gasteiger partial charge in [-0.05, 0) is 43.2 Å². The van der Waals surface area contributed by atoms with E-state index in [0.29, 0.717) is 25.8 Å². The smallest absolute Gasteiger partial charge is 0.227 e. The maximum absolute atomic E-state index is 12.6. The minimum atomic E-state index is 0.0323. The lowest BCUT2D eigenvalue weighted by Gasteiger charge is -2.22. The highest BCUT2D eigenvalue weighted by Crippen LogP contribution is 2.18. The maximum atomic E-state index is 12.6. The molecule has 124 valence electrons. The monoisotopic (exact) mass is 322 g/mol. The molecule has 0 radical (unpaired) electrons. The third-order valence-corrected chi connectivity index (χ3v) is 3.88. The van der Waals surface area contributed by atoms with Crippen molar-refractivity contribution < 1.29 is 9.53 Å². The number of rotatable bonds is 7. The van der Waals surface area contributed by atoms with Gasteiger partial charge in [0.05, 0.1) is 19.6 Å². The summed E-state index contributed by atoms with van der Waals surface area (Å²) < 4.78 is 5.14. The number of aryl methyl sites for hydroxylation is 2. The lowest BCUT2D eigenvalue weighted by Crippen LogP contribution is -2.32. The second-order valence-corrected chi connectivity index (χ2v) is 5.64. The Morgan fingerprint density at radius 2 is 1.79 bits per heavy atom. The number of methoxy groups -OCH3 is 1. The Morgan fingerprint density at radius 1 is 1.12 bits per heavy atom. The number of amides is 1. The molecule has 4 nitrogen and oxygen atoms in total. The molecule has 2 aromatic carbocycles. The van der Waals surface area contributed by atoms with E-state index in [-0.39, 0.29) is 5.91 Å². The van der Waals surface area contributed by atoms with Crippen LogP contribution in [0.15, 0.2) is 48.5 Å². The van der Waals surface area contributed by atoms with Gasteiger partial charge in [0.1, 0.15) is 5.75 Å². The quantitative estimate of drug-likeness (QED) is 0.777. The summed E-state index contributed by atoms with van der Waals surface area (Å²) in [7, 11) is 1.63. The predicted molar refractivity (Wildman–Crippen MR) is 95.1 cm³/mol. The highest BCUT2D eigenvalue weighted by molar-refractivity contribution is 5.93. The first-order valence-electron chi connectivity index (χ1n) is 8.01. The number of hydrogen-bond acceptors (Lipinski definition) is 3. The van der Waals surface area contributed by atoms with Gasteiger partial charge in [-0.1, -0.05) is 29.8 Å². The highest BCUT2D eigenvalue weighted by Gasteiger charge is 2.15. The molecular weight excluding hydrogens is 300 g/mol. The lowest BCUT2D eigenvalue weighted by atomic mass is 10.1. The van der Waals surface area contributed by atoms with Gasteiger partial charge in [-0.15, -0.1) is 0 Å². The first-order chi connectivity index (χ1) is 11.6. The molecule has 0 N–H and O–H groups in total. The van der Waals surface area contributed by atoms with E-state index in [0.717, 1.165) is 22.6 Å². The van der Waals surface area contributed by atoms with Crippen molar-refractivity contribution in [1.82, 2.24) is 0 Å². The Bertz CT molecular complexity index is 700. The molecule has 0 aliphatic carbocycles. The fourth-order valence-corrected chi connectivity index (χ4v) is 2.46. The van der Waals surface area contributed by atoms with Crippen LogP contribution in [0.1, 0.15) is 24.0 Å². The van der Waals surface area contributed by atoms with Crippen LogP contribution in [-0.4, -0.2) is 19.6 Å². The van der Waals surface area contributed by atoms with Crippen LogP contribution in [0, 0.1) is 18.3 Å². The van der Waals surface area contributed by atoms with Gasteiger partial charge < -0.3 is 9.64 Å². The largest absolute Gasteiger partial charge is 0.497 e. The van der Waals surface area contributed by atoms with Crippen LogP contribution in [0.4, 0.5) is 5.69 Å². The summed E-state index contributed by atoms with van der Waals surface area (Å²) in [5.41, 5.74) is 3.08. The summed E-state index contributed by atoms with van der Waals surface area (Å²) >= 11 is 0. The fourth-order valence-electron chi connectivity index (χ4n) is 2.46. The van der Waals surface area contributed by atoms with E-state index in [2.05, 4.69) is 6.07 Å². The molecule has 4 heteroatoms. The fraction of sp³-hybridized carbons (Fsp3) is 0.300. The molecule has 0 saturated heterocycles. The SMILES string of the molecule is COc1ccc(CCC(=O)N(CCC#N)c2ccc(C)cc2)cc1. The van der Waals surface area contributed by atoms with Gasteiger partial charge in [-0.25, -0.2) is 0 Å². The number of carbonyl (C=O) groups excluding carboxylic acids is 1. The minimum Gasteiger partial charge on any atom is -0.497 e. The summed E-state index contributed by atoms with van der Waals surface area (Å²) in [6.07, 6.45) is 1.39. The molecule has 2 aromatic rings. The van der Waals surface area contributed by atoms with E-state index in [1.807, 2.05) is 55.5 Å². The Kier molecular flexibility index (Phi) is 6.39. The van der Waals surface area contributed by atoms with Crippen LogP contribution in [0.3, 0.4) is 0 Å². The Balaban J connectivity index is 2.03. The van der Waals surface area contributed by atoms with Crippen molar-refractivity contribution in [3.63, 3.8) is 0 Å². The van der Waals surface area contributed by atoms with Crippen molar-refractivity contribution in [2.24, 2.45) is 0 Å². The summed E-state index contributed by atoms with van der Waals surface area (Å²) in [6.45, 7) is 2.43. The molecule has 0 heterocycles. The molecule has 0 atom stereocenters. The average molecular weight is 322 g/mol. The van der Waals surface area contributed by atoms with E-state index in [1.165, 1.54) is 0 Å². The highest BCUT2D eigenvalue weighted by atomic mass is 16.5. The van der Waals surface area contributed by atoms with Crippen molar-refractivity contribution in [2.45, 2.75) is 26.2 Å². The average Bonchev–Trinajstić information content (AvgIpc) is 2.62. The number of hydrogen-bond donors (Lipinski definition) is 0. The van der Waals surface area contributed by atoms with Gasteiger partial charge >= 0.3 is 0 Å². The van der Waals surface area contributed by atoms with Crippen LogP contribution in [0.25, 0.3) is 0 Å². The molecule has 1 amide bonds. The number of anilines is 1. The van der Waals surface area contributed by atoms with Gasteiger partial charge in [0.15, 0.2) is 0 Å². The van der Waals surface area contributed by atoms with Crippen LogP contribution in [0.5, 0.6) is 5.75 Å². The number of ether oxygens (including phenoxy) is 1. The summed E-state index contributed by atoms with van der Waals surface area (Å²) in [4.78, 5) is 14.3. The molecule has 0 aliphatic heterocycles. The molecule has 0 aliphatic rings. The number of benzene rings is 2. The molecule has 0 bridgehead atoms. The Hall–Kier alpha value is -2.80. The molecular formula is C20H22N2O2. The molecule has 0 saturated carbocycles. The minimum absolute atomic E-state index is 0.0323. The van der Waals surface area contributed by atoms with E-state index in [4.69, 9.17) is 10.00 Å². The van der Waals surface area contributed by atoms with Crippen LogP contribution in [-0.2, 0) is 11.2 Å². The first-order valence-corrected chi connectivity index (χ1v) is 8.01. The third-order valence-electron chi connectivity index (χ3n) is 3.88. The molecule has 2 rings (SSSR count). The van der Waals surface area contributed by atoms with Gasteiger partial charge in [0, 0.05) is 18.7 Å². The zero-order valence-corrected chi connectivity index (χ0v) is 14.2. The van der Waals surface area contributed by atoms with Gasteiger partial charge in [-0.2, -0.15) is 5.26 Å². The molecule has 0 unspecified atom stereocenters. The topological polar surface area (TPSA) is 53.3 Å². The zero-order chi connectivity index (χ0) is 17.4. The van der Waals surface area contributed by atoms with Crippen LogP contribution >= 0.6 is 0 Å². The maximum Gasteiger partial charge on any atom is 0.227 e. The van der Waals surface area contributed by atoms with Gasteiger partial charge in [-0.3, -0.25) is 4.79 Å².